The lowest BCUT2D eigenvalue weighted by atomic mass is 9.68. The Labute approximate surface area is 244 Å². The van der Waals surface area contributed by atoms with Crippen molar-refractivity contribution < 1.29 is 38.1 Å². The highest BCUT2D eigenvalue weighted by molar-refractivity contribution is 5.90. The molecule has 3 rings (SSSR count). The molecule has 4 unspecified atom stereocenters. The lowest BCUT2D eigenvalue weighted by Crippen LogP contribution is -2.44. The SMILES string of the molecule is C=C(C)C(=O)OCCCC1CC2C=C(C3CCC(OC(=O)C(=C)C)CC3)C(=O)OC2C(CCCOC(=O)C(=C)C)C1. The van der Waals surface area contributed by atoms with Crippen LogP contribution in [0.3, 0.4) is 0 Å². The van der Waals surface area contributed by atoms with E-state index in [-0.39, 0.29) is 47.9 Å². The fourth-order valence-electron chi connectivity index (χ4n) is 6.22. The molecule has 0 spiro atoms. The quantitative estimate of drug-likeness (QED) is 0.116. The van der Waals surface area contributed by atoms with Gasteiger partial charge in [-0.3, -0.25) is 0 Å². The molecule has 3 aliphatic rings. The van der Waals surface area contributed by atoms with Crippen LogP contribution in [0.25, 0.3) is 0 Å². The van der Waals surface area contributed by atoms with E-state index in [9.17, 15) is 19.2 Å². The van der Waals surface area contributed by atoms with Crippen LogP contribution in [0.1, 0.15) is 85.0 Å². The Morgan fingerprint density at radius 1 is 0.829 bits per heavy atom. The van der Waals surface area contributed by atoms with E-state index >= 15 is 0 Å². The van der Waals surface area contributed by atoms with Gasteiger partial charge in [-0.05, 0) is 103 Å². The van der Waals surface area contributed by atoms with Crippen LogP contribution in [-0.4, -0.2) is 49.3 Å². The average molecular weight is 571 g/mol. The number of hydrogen-bond acceptors (Lipinski definition) is 8. The molecule has 0 bridgehead atoms. The zero-order valence-electron chi connectivity index (χ0n) is 24.9. The predicted molar refractivity (Wildman–Crippen MR) is 154 cm³/mol. The van der Waals surface area contributed by atoms with E-state index in [0.29, 0.717) is 55.1 Å². The maximum absolute atomic E-state index is 13.2. The Bertz CT molecular complexity index is 1060. The normalized spacial score (nSPS) is 27.4. The summed E-state index contributed by atoms with van der Waals surface area (Å²) >= 11 is 0. The number of hydrogen-bond donors (Lipinski definition) is 0. The number of carbonyl (C=O) groups excluding carboxylic acids is 4. The molecule has 41 heavy (non-hydrogen) atoms. The molecule has 226 valence electrons. The van der Waals surface area contributed by atoms with Gasteiger partial charge in [-0.2, -0.15) is 0 Å². The van der Waals surface area contributed by atoms with Crippen LogP contribution in [0, 0.1) is 23.7 Å². The van der Waals surface area contributed by atoms with Gasteiger partial charge in [-0.1, -0.05) is 25.8 Å². The van der Waals surface area contributed by atoms with E-state index in [4.69, 9.17) is 18.9 Å². The molecule has 2 aliphatic carbocycles. The number of rotatable bonds is 13. The molecule has 4 atom stereocenters. The monoisotopic (exact) mass is 570 g/mol. The molecule has 8 heteroatoms. The summed E-state index contributed by atoms with van der Waals surface area (Å²) < 4.78 is 22.3. The van der Waals surface area contributed by atoms with Crippen LogP contribution >= 0.6 is 0 Å². The van der Waals surface area contributed by atoms with Crippen LogP contribution in [0.4, 0.5) is 0 Å². The summed E-state index contributed by atoms with van der Waals surface area (Å²) in [6.45, 7) is 16.5. The molecule has 0 aromatic rings. The fraction of sp³-hybridized carbons (Fsp3) is 0.636. The fourth-order valence-corrected chi connectivity index (χ4v) is 6.22. The molecule has 0 saturated heterocycles. The van der Waals surface area contributed by atoms with Gasteiger partial charge in [-0.15, -0.1) is 0 Å². The van der Waals surface area contributed by atoms with Gasteiger partial charge < -0.3 is 18.9 Å². The first kappa shape index (κ1) is 32.4. The first-order chi connectivity index (χ1) is 19.5. The van der Waals surface area contributed by atoms with Crippen molar-refractivity contribution in [2.45, 2.75) is 97.2 Å². The Morgan fingerprint density at radius 3 is 1.95 bits per heavy atom. The minimum atomic E-state index is -0.394. The highest BCUT2D eigenvalue weighted by Crippen LogP contribution is 2.45. The van der Waals surface area contributed by atoms with Crippen molar-refractivity contribution in [1.29, 1.82) is 0 Å². The van der Waals surface area contributed by atoms with Crippen molar-refractivity contribution in [2.24, 2.45) is 23.7 Å². The molecule has 2 saturated carbocycles. The lowest BCUT2D eigenvalue weighted by Gasteiger charge is -2.44. The molecule has 0 N–H and O–H groups in total. The van der Waals surface area contributed by atoms with Gasteiger partial charge >= 0.3 is 23.9 Å². The Hall–Kier alpha value is -3.16. The average Bonchev–Trinajstić information content (AvgIpc) is 2.93. The van der Waals surface area contributed by atoms with Crippen LogP contribution in [0.15, 0.2) is 48.1 Å². The van der Waals surface area contributed by atoms with Crippen molar-refractivity contribution >= 4 is 23.9 Å². The summed E-state index contributed by atoms with van der Waals surface area (Å²) in [5.74, 6) is -0.616. The third-order valence-electron chi connectivity index (χ3n) is 8.38. The van der Waals surface area contributed by atoms with E-state index in [1.54, 1.807) is 20.8 Å². The van der Waals surface area contributed by atoms with Crippen LogP contribution < -0.4 is 0 Å². The summed E-state index contributed by atoms with van der Waals surface area (Å²) in [4.78, 5) is 48.7. The molecule has 0 aromatic carbocycles. The van der Waals surface area contributed by atoms with Crippen LogP contribution in [0.2, 0.25) is 0 Å². The maximum Gasteiger partial charge on any atom is 0.334 e. The molecule has 0 radical (unpaired) electrons. The number of esters is 4. The predicted octanol–water partition coefficient (Wildman–Crippen LogP) is 5.96. The molecular weight excluding hydrogens is 524 g/mol. The standard InChI is InChI=1S/C33H46O8/c1-20(2)30(34)38-15-7-9-23-17-25(10-8-16-39-31(35)21(3)4)29-26(18-23)19-28(33(37)41-29)24-11-13-27(14-12-24)40-32(36)22(5)6/h19,23-27,29H,1,3,5,7-18H2,2,4,6H3. The third-order valence-corrected chi connectivity index (χ3v) is 8.38. The van der Waals surface area contributed by atoms with Gasteiger partial charge in [0.1, 0.15) is 12.2 Å². The van der Waals surface area contributed by atoms with Gasteiger partial charge in [0.15, 0.2) is 0 Å². The molecular formula is C33H46O8. The van der Waals surface area contributed by atoms with Gasteiger partial charge in [0, 0.05) is 28.2 Å². The first-order valence-electron chi connectivity index (χ1n) is 14.9. The van der Waals surface area contributed by atoms with E-state index in [0.717, 1.165) is 50.5 Å². The van der Waals surface area contributed by atoms with Gasteiger partial charge in [-0.25, -0.2) is 19.2 Å². The molecule has 1 heterocycles. The minimum absolute atomic E-state index is 0.0881. The largest absolute Gasteiger partial charge is 0.462 e. The summed E-state index contributed by atoms with van der Waals surface area (Å²) in [5.41, 5.74) is 1.90. The summed E-state index contributed by atoms with van der Waals surface area (Å²) in [6, 6.07) is 0. The second-order valence-corrected chi connectivity index (χ2v) is 12.0. The second kappa shape index (κ2) is 15.2. The molecule has 2 fully saturated rings. The van der Waals surface area contributed by atoms with E-state index in [2.05, 4.69) is 25.8 Å². The van der Waals surface area contributed by atoms with Crippen molar-refractivity contribution in [3.05, 3.63) is 48.1 Å². The number of carbonyl (C=O) groups is 4. The van der Waals surface area contributed by atoms with E-state index < -0.39 is 5.97 Å². The summed E-state index contributed by atoms with van der Waals surface area (Å²) in [7, 11) is 0. The Morgan fingerprint density at radius 2 is 1.39 bits per heavy atom. The minimum Gasteiger partial charge on any atom is -0.462 e. The van der Waals surface area contributed by atoms with Crippen molar-refractivity contribution in [1.82, 2.24) is 0 Å². The summed E-state index contributed by atoms with van der Waals surface area (Å²) in [6.07, 6.45) is 9.68. The van der Waals surface area contributed by atoms with Crippen LogP contribution in [0.5, 0.6) is 0 Å². The second-order valence-electron chi connectivity index (χ2n) is 12.0. The third kappa shape index (κ3) is 9.44. The van der Waals surface area contributed by atoms with Gasteiger partial charge in [0.05, 0.1) is 13.2 Å². The summed E-state index contributed by atoms with van der Waals surface area (Å²) in [5, 5.41) is 0. The van der Waals surface area contributed by atoms with Crippen molar-refractivity contribution in [3.8, 4) is 0 Å². The van der Waals surface area contributed by atoms with Crippen LogP contribution in [-0.2, 0) is 38.1 Å². The highest BCUT2D eigenvalue weighted by Gasteiger charge is 2.44. The van der Waals surface area contributed by atoms with Crippen molar-refractivity contribution in [2.75, 3.05) is 13.2 Å². The first-order valence-corrected chi connectivity index (χ1v) is 14.9. The topological polar surface area (TPSA) is 105 Å². The Balaban J connectivity index is 1.64. The Kier molecular flexibility index (Phi) is 12.0. The lowest BCUT2D eigenvalue weighted by molar-refractivity contribution is -0.157. The zero-order chi connectivity index (χ0) is 30.1. The number of ether oxygens (including phenoxy) is 4. The highest BCUT2D eigenvalue weighted by atomic mass is 16.6. The number of fused-ring (bicyclic) bond motifs is 1. The zero-order valence-corrected chi connectivity index (χ0v) is 24.9. The molecule has 0 aromatic heterocycles. The maximum atomic E-state index is 13.2. The smallest absolute Gasteiger partial charge is 0.334 e. The van der Waals surface area contributed by atoms with E-state index in [1.807, 2.05) is 0 Å². The molecule has 1 aliphatic heterocycles. The molecule has 8 nitrogen and oxygen atoms in total. The van der Waals surface area contributed by atoms with Gasteiger partial charge in [0.25, 0.3) is 0 Å². The molecule has 0 amide bonds. The van der Waals surface area contributed by atoms with Crippen molar-refractivity contribution in [3.63, 3.8) is 0 Å². The van der Waals surface area contributed by atoms with Gasteiger partial charge in [0.2, 0.25) is 0 Å². The van der Waals surface area contributed by atoms with E-state index in [1.165, 1.54) is 0 Å².